The van der Waals surface area contributed by atoms with Crippen molar-refractivity contribution in [2.24, 2.45) is 0 Å². The summed E-state index contributed by atoms with van der Waals surface area (Å²) in [6.45, 7) is 0. The molecular weight excluding hydrogens is 741 g/mol. The first-order valence-corrected chi connectivity index (χ1v) is 17.4. The highest BCUT2D eigenvalue weighted by molar-refractivity contribution is 6.06. The summed E-state index contributed by atoms with van der Waals surface area (Å²) in [5.74, 6) is 3.77. The minimum atomic E-state index is -0.584. The van der Waals surface area contributed by atoms with Crippen LogP contribution in [-0.4, -0.2) is 49.9 Å². The van der Waals surface area contributed by atoms with Crippen molar-refractivity contribution >= 4 is 47.1 Å². The summed E-state index contributed by atoms with van der Waals surface area (Å²) in [4.78, 5) is 73.9. The Balaban J connectivity index is 0.958. The van der Waals surface area contributed by atoms with Gasteiger partial charge in [-0.2, -0.15) is 0 Å². The Labute approximate surface area is 332 Å². The number of nitrogens with one attached hydrogen (secondary N) is 2. The zero-order valence-corrected chi connectivity index (χ0v) is 30.9. The molecule has 6 aromatic rings. The van der Waals surface area contributed by atoms with Gasteiger partial charge in [-0.25, -0.2) is 19.2 Å². The zero-order valence-electron chi connectivity index (χ0n) is 30.9. The van der Waals surface area contributed by atoms with Gasteiger partial charge in [-0.05, 0) is 146 Å². The first-order chi connectivity index (χ1) is 28.1. The van der Waals surface area contributed by atoms with Crippen molar-refractivity contribution in [2.75, 3.05) is 24.9 Å². The summed E-state index contributed by atoms with van der Waals surface area (Å²) >= 11 is 0. The van der Waals surface area contributed by atoms with Crippen LogP contribution in [0.15, 0.2) is 146 Å². The van der Waals surface area contributed by atoms with E-state index in [-0.39, 0.29) is 22.9 Å². The molecule has 0 bridgehead atoms. The second kappa shape index (κ2) is 18.4. The fraction of sp³-hybridized carbons (Fsp3) is 0.0435. The molecule has 2 N–H and O–H groups in total. The Bertz CT molecular complexity index is 2360. The van der Waals surface area contributed by atoms with E-state index in [2.05, 4.69) is 31.9 Å². The molecule has 58 heavy (non-hydrogen) atoms. The molecule has 0 aliphatic carbocycles. The lowest BCUT2D eigenvalue weighted by atomic mass is 10.1. The van der Waals surface area contributed by atoms with Crippen molar-refractivity contribution in [3.8, 4) is 23.3 Å². The van der Waals surface area contributed by atoms with E-state index >= 15 is 0 Å². The fourth-order valence-corrected chi connectivity index (χ4v) is 5.23. The number of anilines is 2. The van der Waals surface area contributed by atoms with Crippen molar-refractivity contribution in [1.29, 1.82) is 0 Å². The molecule has 2 amide bonds. The van der Waals surface area contributed by atoms with Crippen LogP contribution in [-0.2, 0) is 9.47 Å². The highest BCUT2D eigenvalue weighted by Gasteiger charge is 2.14. The zero-order chi connectivity index (χ0) is 41.0. The van der Waals surface area contributed by atoms with Crippen LogP contribution in [0.25, 0.3) is 0 Å². The highest BCUT2D eigenvalue weighted by Crippen LogP contribution is 2.19. The van der Waals surface area contributed by atoms with Crippen molar-refractivity contribution < 1.29 is 47.7 Å². The van der Waals surface area contributed by atoms with E-state index in [1.807, 2.05) is 0 Å². The predicted octanol–water partition coefficient (Wildman–Crippen LogP) is 7.60. The summed E-state index contributed by atoms with van der Waals surface area (Å²) < 4.78 is 20.3. The van der Waals surface area contributed by atoms with E-state index in [1.54, 1.807) is 72.8 Å². The van der Waals surface area contributed by atoms with E-state index in [9.17, 15) is 28.8 Å². The summed E-state index contributed by atoms with van der Waals surface area (Å²) in [7, 11) is 2.56. The molecule has 0 fully saturated rings. The average molecular weight is 773 g/mol. The van der Waals surface area contributed by atoms with Gasteiger partial charge in [0.2, 0.25) is 0 Å². The van der Waals surface area contributed by atoms with Crippen LogP contribution in [0.2, 0.25) is 0 Å². The lowest BCUT2D eigenvalue weighted by Gasteiger charge is -2.08. The smallest absolute Gasteiger partial charge is 0.343 e. The molecule has 12 heteroatoms. The number of rotatable bonds is 10. The third-order valence-electron chi connectivity index (χ3n) is 8.37. The number of hydrogen-bond acceptors (Lipinski definition) is 10. The van der Waals surface area contributed by atoms with Crippen LogP contribution in [0.4, 0.5) is 11.4 Å². The fourth-order valence-electron chi connectivity index (χ4n) is 5.23. The van der Waals surface area contributed by atoms with Gasteiger partial charge in [-0.15, -0.1) is 0 Å². The first-order valence-electron chi connectivity index (χ1n) is 17.4. The third-order valence-corrected chi connectivity index (χ3v) is 8.37. The molecular formula is C46H32N2O10. The van der Waals surface area contributed by atoms with Crippen LogP contribution >= 0.6 is 0 Å². The number of benzene rings is 6. The van der Waals surface area contributed by atoms with Crippen molar-refractivity contribution in [1.82, 2.24) is 0 Å². The first kappa shape index (κ1) is 39.4. The molecule has 6 rings (SSSR count). The van der Waals surface area contributed by atoms with Gasteiger partial charge in [0.15, 0.2) is 0 Å². The van der Waals surface area contributed by atoms with Crippen molar-refractivity contribution in [3.05, 3.63) is 190 Å². The predicted molar refractivity (Wildman–Crippen MR) is 213 cm³/mol. The van der Waals surface area contributed by atoms with Crippen molar-refractivity contribution in [3.63, 3.8) is 0 Å². The SMILES string of the molecule is COC(=O)c1ccc(C(=O)Nc2ccc(C(=O)Oc3ccc(C#Cc4ccc(OC(=O)c5ccc(NC(=O)c6ccc(C(=O)OC)cc6)cc5)cc4)cc3)cc2)cc1. The molecule has 12 nitrogen and oxygen atoms in total. The third kappa shape index (κ3) is 10.3. The van der Waals surface area contributed by atoms with Gasteiger partial charge in [-0.1, -0.05) is 11.8 Å². The average Bonchev–Trinajstić information content (AvgIpc) is 3.26. The number of carbonyl (C=O) groups excluding carboxylic acids is 6. The lowest BCUT2D eigenvalue weighted by Crippen LogP contribution is -2.13. The molecule has 0 atom stereocenters. The lowest BCUT2D eigenvalue weighted by molar-refractivity contribution is 0.0592. The van der Waals surface area contributed by atoms with Gasteiger partial charge in [0, 0.05) is 33.6 Å². The highest BCUT2D eigenvalue weighted by atomic mass is 16.5. The normalized spacial score (nSPS) is 10.2. The Morgan fingerprint density at radius 1 is 0.362 bits per heavy atom. The number of methoxy groups -OCH3 is 2. The van der Waals surface area contributed by atoms with Gasteiger partial charge in [-0.3, -0.25) is 9.59 Å². The largest absolute Gasteiger partial charge is 0.465 e. The maximum Gasteiger partial charge on any atom is 0.343 e. The number of ether oxygens (including phenoxy) is 4. The van der Waals surface area contributed by atoms with Gasteiger partial charge in [0.25, 0.3) is 11.8 Å². The quantitative estimate of drug-likeness (QED) is 0.0805. The monoisotopic (exact) mass is 772 g/mol. The molecule has 0 saturated carbocycles. The van der Waals surface area contributed by atoms with E-state index in [4.69, 9.17) is 9.47 Å². The van der Waals surface area contributed by atoms with Crippen LogP contribution in [0.3, 0.4) is 0 Å². The summed E-state index contributed by atoms with van der Waals surface area (Å²) in [5, 5.41) is 5.48. The van der Waals surface area contributed by atoms with Crippen LogP contribution in [0.5, 0.6) is 11.5 Å². The summed E-state index contributed by atoms with van der Waals surface area (Å²) in [5.41, 5.74) is 4.18. The van der Waals surface area contributed by atoms with E-state index < -0.39 is 23.9 Å². The van der Waals surface area contributed by atoms with Crippen molar-refractivity contribution in [2.45, 2.75) is 0 Å². The van der Waals surface area contributed by atoms with Gasteiger partial charge >= 0.3 is 23.9 Å². The topological polar surface area (TPSA) is 163 Å². The summed E-state index contributed by atoms with van der Waals surface area (Å²) in [6.07, 6.45) is 0. The molecule has 0 heterocycles. The molecule has 0 radical (unpaired) electrons. The Morgan fingerprint density at radius 3 is 0.948 bits per heavy atom. The number of hydrogen-bond donors (Lipinski definition) is 2. The second-order valence-electron chi connectivity index (χ2n) is 12.3. The second-order valence-corrected chi connectivity index (χ2v) is 12.3. The minimum Gasteiger partial charge on any atom is -0.465 e. The van der Waals surface area contributed by atoms with Gasteiger partial charge < -0.3 is 29.6 Å². The molecule has 0 aliphatic rings. The van der Waals surface area contributed by atoms with Crippen LogP contribution < -0.4 is 20.1 Å². The molecule has 0 saturated heterocycles. The standard InChI is InChI=1S/C46H32N2O10/c1-55-43(51)33-13-9-31(10-14-33)41(49)47-37-21-17-35(18-22-37)45(53)57-39-25-5-29(6-26-39)3-4-30-7-27-40(28-8-30)58-46(54)36-19-23-38(24-20-36)48-42(50)32-11-15-34(16-12-32)44(52)56-2/h5-28H,1-2H3,(H,47,49)(H,48,50). The Morgan fingerprint density at radius 2 is 0.638 bits per heavy atom. The van der Waals surface area contributed by atoms with E-state index in [0.717, 1.165) is 0 Å². The number of carbonyl (C=O) groups is 6. The van der Waals surface area contributed by atoms with E-state index in [0.29, 0.717) is 56.3 Å². The molecule has 0 aromatic heterocycles. The molecule has 0 unspecified atom stereocenters. The number of esters is 4. The van der Waals surface area contributed by atoms with Crippen LogP contribution in [0.1, 0.15) is 73.3 Å². The maximum atomic E-state index is 12.7. The molecule has 0 spiro atoms. The maximum absolute atomic E-state index is 12.7. The van der Waals surface area contributed by atoms with E-state index in [1.165, 1.54) is 87.0 Å². The van der Waals surface area contributed by atoms with Gasteiger partial charge in [0.05, 0.1) is 36.5 Å². The Kier molecular flexibility index (Phi) is 12.5. The van der Waals surface area contributed by atoms with Crippen LogP contribution in [0, 0.1) is 11.8 Å². The van der Waals surface area contributed by atoms with Gasteiger partial charge in [0.1, 0.15) is 11.5 Å². The Hall–Kier alpha value is -8.30. The molecule has 0 aliphatic heterocycles. The molecule has 6 aromatic carbocycles. The minimum absolute atomic E-state index is 0.278. The number of amides is 2. The molecule has 286 valence electrons. The summed E-state index contributed by atoms with van der Waals surface area (Å²) in [6, 6.07) is 37.8.